The van der Waals surface area contributed by atoms with E-state index >= 15 is 0 Å². The van der Waals surface area contributed by atoms with Crippen molar-refractivity contribution in [3.05, 3.63) is 99.3 Å². The number of nitriles is 1. The van der Waals surface area contributed by atoms with Crippen molar-refractivity contribution in [2.45, 2.75) is 24.8 Å². The number of halogens is 2. The fourth-order valence-electron chi connectivity index (χ4n) is 5.40. The van der Waals surface area contributed by atoms with E-state index < -0.39 is 0 Å². The number of urea groups is 1. The first-order valence-corrected chi connectivity index (χ1v) is 13.1. The van der Waals surface area contributed by atoms with Crippen LogP contribution in [0.15, 0.2) is 66.9 Å². The summed E-state index contributed by atoms with van der Waals surface area (Å²) < 4.78 is 0. The lowest BCUT2D eigenvalue weighted by molar-refractivity contribution is 0.205. The molecule has 188 valence electrons. The second-order valence-corrected chi connectivity index (χ2v) is 10.4. The van der Waals surface area contributed by atoms with Gasteiger partial charge in [-0.15, -0.1) is 0 Å². The fraction of sp³-hybridized carbons (Fsp3) is 0.276. The molecular weight excluding hydrogens is 505 g/mol. The summed E-state index contributed by atoms with van der Waals surface area (Å²) in [6.45, 7) is 3.08. The average molecular weight is 532 g/mol. The van der Waals surface area contributed by atoms with Gasteiger partial charge in [0, 0.05) is 41.8 Å². The van der Waals surface area contributed by atoms with E-state index in [-0.39, 0.29) is 11.4 Å². The maximum absolute atomic E-state index is 14.2. The summed E-state index contributed by atoms with van der Waals surface area (Å²) in [5.74, 6) is 0. The maximum Gasteiger partial charge on any atom is 0.325 e. The number of hydrogen-bond acceptors (Lipinski definition) is 4. The van der Waals surface area contributed by atoms with Gasteiger partial charge in [0.2, 0.25) is 0 Å². The molecule has 0 atom stereocenters. The number of amides is 2. The lowest BCUT2D eigenvalue weighted by Crippen LogP contribution is -2.48. The highest BCUT2D eigenvalue weighted by Gasteiger charge is 2.47. The van der Waals surface area contributed by atoms with Crippen LogP contribution in [0.1, 0.15) is 35.1 Å². The number of nitrogens with one attached hydrogen (secondary N) is 1. The molecule has 3 aromatic rings. The summed E-state index contributed by atoms with van der Waals surface area (Å²) >= 11 is 12.2. The molecule has 2 aromatic carbocycles. The monoisotopic (exact) mass is 531 g/mol. The molecule has 1 aromatic heterocycles. The Morgan fingerprint density at radius 3 is 2.68 bits per heavy atom. The molecular formula is C29H27Cl2N5O. The molecule has 0 bridgehead atoms. The fourth-order valence-corrected chi connectivity index (χ4v) is 5.72. The lowest BCUT2D eigenvalue weighted by atomic mass is 9.73. The first-order valence-electron chi connectivity index (χ1n) is 12.3. The van der Waals surface area contributed by atoms with Crippen LogP contribution < -0.4 is 10.2 Å². The zero-order chi connectivity index (χ0) is 25.8. The van der Waals surface area contributed by atoms with Crippen molar-refractivity contribution in [2.24, 2.45) is 0 Å². The van der Waals surface area contributed by atoms with E-state index in [4.69, 9.17) is 23.2 Å². The van der Waals surface area contributed by atoms with Gasteiger partial charge in [0.05, 0.1) is 17.3 Å². The number of piperidine rings is 1. The van der Waals surface area contributed by atoms with Crippen LogP contribution in [0.3, 0.4) is 0 Å². The van der Waals surface area contributed by atoms with Gasteiger partial charge in [0.1, 0.15) is 5.15 Å². The molecule has 1 fully saturated rings. The molecule has 0 saturated carbocycles. The normalized spacial score (nSPS) is 16.1. The minimum Gasteiger partial charge on any atom is -0.317 e. The van der Waals surface area contributed by atoms with Gasteiger partial charge in [-0.05, 0) is 73.5 Å². The van der Waals surface area contributed by atoms with Crippen molar-refractivity contribution < 1.29 is 4.79 Å². The van der Waals surface area contributed by atoms with Crippen LogP contribution in [0.5, 0.6) is 0 Å². The van der Waals surface area contributed by atoms with Crippen molar-refractivity contribution in [2.75, 3.05) is 31.1 Å². The number of rotatable bonds is 5. The van der Waals surface area contributed by atoms with Gasteiger partial charge in [-0.1, -0.05) is 53.6 Å². The molecule has 2 aliphatic heterocycles. The summed E-state index contributed by atoms with van der Waals surface area (Å²) in [5.41, 5.74) is 4.19. The third-order valence-corrected chi connectivity index (χ3v) is 7.64. The number of aromatic nitrogens is 1. The van der Waals surface area contributed by atoms with Gasteiger partial charge in [-0.25, -0.2) is 9.78 Å². The smallest absolute Gasteiger partial charge is 0.317 e. The number of carbonyl (C=O) groups is 1. The molecule has 0 aliphatic carbocycles. The summed E-state index contributed by atoms with van der Waals surface area (Å²) in [6.07, 6.45) is 7.39. The molecule has 0 radical (unpaired) electrons. The average Bonchev–Trinajstić information content (AvgIpc) is 3.23. The van der Waals surface area contributed by atoms with Gasteiger partial charge < -0.3 is 10.2 Å². The molecule has 37 heavy (non-hydrogen) atoms. The van der Waals surface area contributed by atoms with Crippen molar-refractivity contribution in [3.8, 4) is 6.07 Å². The van der Waals surface area contributed by atoms with Gasteiger partial charge in [-0.2, -0.15) is 5.26 Å². The van der Waals surface area contributed by atoms with E-state index in [1.54, 1.807) is 17.2 Å². The van der Waals surface area contributed by atoms with Crippen LogP contribution >= 0.6 is 23.2 Å². The minimum absolute atomic E-state index is 0.0968. The number of nitrogens with zero attached hydrogens (tertiary/aromatic N) is 4. The summed E-state index contributed by atoms with van der Waals surface area (Å²) in [4.78, 5) is 21.9. The van der Waals surface area contributed by atoms with E-state index in [1.807, 2.05) is 65.6 Å². The van der Waals surface area contributed by atoms with Crippen LogP contribution in [0.2, 0.25) is 10.2 Å². The van der Waals surface area contributed by atoms with Crippen LogP contribution in [-0.4, -0.2) is 42.1 Å². The number of anilines is 1. The molecule has 3 heterocycles. The molecule has 2 aliphatic rings. The molecule has 5 rings (SSSR count). The molecule has 0 unspecified atom stereocenters. The van der Waals surface area contributed by atoms with Crippen LogP contribution in [0.25, 0.3) is 6.08 Å². The predicted molar refractivity (Wildman–Crippen MR) is 148 cm³/mol. The zero-order valence-corrected chi connectivity index (χ0v) is 21.8. The van der Waals surface area contributed by atoms with E-state index in [9.17, 15) is 10.1 Å². The first kappa shape index (κ1) is 25.3. The van der Waals surface area contributed by atoms with E-state index in [0.29, 0.717) is 35.4 Å². The number of pyridine rings is 1. The maximum atomic E-state index is 14.2. The second-order valence-electron chi connectivity index (χ2n) is 9.53. The summed E-state index contributed by atoms with van der Waals surface area (Å²) in [6, 6.07) is 19.2. The minimum atomic E-state index is -0.215. The van der Waals surface area contributed by atoms with Crippen molar-refractivity contribution in [3.63, 3.8) is 0 Å². The Bertz CT molecular complexity index is 1360. The van der Waals surface area contributed by atoms with Gasteiger partial charge in [0.15, 0.2) is 0 Å². The number of hydrogen-bond donors (Lipinski definition) is 1. The highest BCUT2D eigenvalue weighted by molar-refractivity contribution is 6.30. The van der Waals surface area contributed by atoms with Crippen molar-refractivity contribution in [1.82, 2.24) is 15.2 Å². The zero-order valence-electron chi connectivity index (χ0n) is 20.3. The molecule has 2 amide bonds. The lowest BCUT2D eigenvalue weighted by Gasteiger charge is -2.35. The third-order valence-electron chi connectivity index (χ3n) is 7.18. The Hall–Kier alpha value is -3.37. The van der Waals surface area contributed by atoms with Crippen LogP contribution in [0, 0.1) is 11.3 Å². The van der Waals surface area contributed by atoms with E-state index in [2.05, 4.69) is 16.4 Å². The van der Waals surface area contributed by atoms with Crippen LogP contribution in [0.4, 0.5) is 10.5 Å². The Kier molecular flexibility index (Phi) is 7.48. The highest BCUT2D eigenvalue weighted by Crippen LogP contribution is 2.48. The van der Waals surface area contributed by atoms with Crippen molar-refractivity contribution in [1.29, 1.82) is 5.26 Å². The molecule has 8 heteroatoms. The predicted octanol–water partition coefficient (Wildman–Crippen LogP) is 6.04. The topological polar surface area (TPSA) is 72.3 Å². The SMILES string of the molecule is N#Cc1cccc2c1C1(CCNCC1)CN2C(=O)N(CC=Cc1ccc(Cl)cc1)Cc1ccnc(Cl)c1. The highest BCUT2D eigenvalue weighted by atomic mass is 35.5. The Morgan fingerprint density at radius 2 is 1.95 bits per heavy atom. The summed E-state index contributed by atoms with van der Waals surface area (Å²) in [7, 11) is 0. The second kappa shape index (κ2) is 10.9. The third kappa shape index (κ3) is 5.35. The standard InChI is InChI=1S/C29H27Cl2N5O/c30-24-8-6-21(7-9-24)3-2-16-35(19-22-10-13-34-26(31)17-22)28(37)36-20-29(11-14-33-15-12-29)27-23(18-32)4-1-5-25(27)36/h1-10,13,17,33H,11-12,14-16,19-20H2. The number of carbonyl (C=O) groups excluding carboxylic acids is 1. The Balaban J connectivity index is 1.47. The van der Waals surface area contributed by atoms with Gasteiger partial charge in [-0.3, -0.25) is 4.90 Å². The van der Waals surface area contributed by atoms with Gasteiger partial charge in [0.25, 0.3) is 0 Å². The number of fused-ring (bicyclic) bond motifs is 2. The molecule has 1 N–H and O–H groups in total. The first-order chi connectivity index (χ1) is 18.0. The van der Waals surface area contributed by atoms with E-state index in [1.165, 1.54) is 0 Å². The van der Waals surface area contributed by atoms with Gasteiger partial charge >= 0.3 is 6.03 Å². The summed E-state index contributed by atoms with van der Waals surface area (Å²) in [5, 5.41) is 14.4. The molecule has 1 saturated heterocycles. The van der Waals surface area contributed by atoms with Crippen LogP contribution in [-0.2, 0) is 12.0 Å². The van der Waals surface area contributed by atoms with Crippen molar-refractivity contribution >= 4 is 41.0 Å². The largest absolute Gasteiger partial charge is 0.325 e. The molecule has 6 nitrogen and oxygen atoms in total. The Labute approximate surface area is 227 Å². The molecule has 1 spiro atoms. The Morgan fingerprint density at radius 1 is 1.16 bits per heavy atom. The quantitative estimate of drug-likeness (QED) is 0.407. The van der Waals surface area contributed by atoms with E-state index in [0.717, 1.165) is 48.3 Å². The number of benzene rings is 2.